The number of aliphatic carboxylic acids is 1. The standard InChI is InChI=1S/C31H62O2/c1-4-6-7-8-9-10-11-12-15-18-21-24-27-30(31(32)33)28-25-22-19-16-13-14-17-20-23-26-29(3)5-2/h29-30H,4-28H2,1-3H3,(H,32,33). The molecule has 0 aromatic heterocycles. The molecule has 0 radical (unpaired) electrons. The van der Waals surface area contributed by atoms with E-state index < -0.39 is 5.97 Å². The number of hydrogen-bond donors (Lipinski definition) is 1. The minimum Gasteiger partial charge on any atom is -0.481 e. The van der Waals surface area contributed by atoms with Crippen LogP contribution in [0.2, 0.25) is 0 Å². The fraction of sp³-hybridized carbons (Fsp3) is 0.968. The fourth-order valence-electron chi connectivity index (χ4n) is 4.95. The first-order chi connectivity index (χ1) is 16.1. The summed E-state index contributed by atoms with van der Waals surface area (Å²) in [5, 5.41) is 9.54. The topological polar surface area (TPSA) is 37.3 Å². The van der Waals surface area contributed by atoms with E-state index in [4.69, 9.17) is 0 Å². The van der Waals surface area contributed by atoms with Crippen LogP contribution >= 0.6 is 0 Å². The molecule has 0 fully saturated rings. The summed E-state index contributed by atoms with van der Waals surface area (Å²) in [5.41, 5.74) is 0. The molecular formula is C31H62O2. The van der Waals surface area contributed by atoms with Crippen LogP contribution in [-0.2, 0) is 4.79 Å². The van der Waals surface area contributed by atoms with Gasteiger partial charge < -0.3 is 5.11 Å². The van der Waals surface area contributed by atoms with Gasteiger partial charge in [-0.2, -0.15) is 0 Å². The van der Waals surface area contributed by atoms with E-state index in [1.807, 2.05) is 0 Å². The van der Waals surface area contributed by atoms with E-state index in [1.54, 1.807) is 0 Å². The fourth-order valence-corrected chi connectivity index (χ4v) is 4.95. The number of carboxylic acid groups (broad SMARTS) is 1. The number of carboxylic acids is 1. The van der Waals surface area contributed by atoms with Gasteiger partial charge in [-0.3, -0.25) is 4.79 Å². The Kier molecular flexibility index (Phi) is 25.7. The van der Waals surface area contributed by atoms with E-state index in [0.29, 0.717) is 0 Å². The molecule has 0 spiro atoms. The first kappa shape index (κ1) is 32.5. The molecule has 0 amide bonds. The summed E-state index contributed by atoms with van der Waals surface area (Å²) in [6, 6.07) is 0. The second-order valence-corrected chi connectivity index (χ2v) is 11.0. The second kappa shape index (κ2) is 26.1. The molecule has 2 atom stereocenters. The molecule has 198 valence electrons. The minimum atomic E-state index is -0.560. The second-order valence-electron chi connectivity index (χ2n) is 11.0. The lowest BCUT2D eigenvalue weighted by Crippen LogP contribution is -2.13. The molecule has 0 aromatic rings. The zero-order valence-corrected chi connectivity index (χ0v) is 23.2. The predicted octanol–water partition coefficient (Wildman–Crippen LogP) is 11.1. The van der Waals surface area contributed by atoms with Gasteiger partial charge in [-0.25, -0.2) is 0 Å². The number of hydrogen-bond acceptors (Lipinski definition) is 1. The van der Waals surface area contributed by atoms with E-state index in [0.717, 1.165) is 31.6 Å². The molecule has 0 aliphatic rings. The van der Waals surface area contributed by atoms with Crippen molar-refractivity contribution in [3.05, 3.63) is 0 Å². The molecule has 0 saturated carbocycles. The molecule has 0 aromatic carbocycles. The molecule has 0 aliphatic heterocycles. The lowest BCUT2D eigenvalue weighted by molar-refractivity contribution is -0.142. The summed E-state index contributed by atoms with van der Waals surface area (Å²) in [6.07, 6.45) is 32.5. The highest BCUT2D eigenvalue weighted by molar-refractivity contribution is 5.69. The summed E-state index contributed by atoms with van der Waals surface area (Å²) in [7, 11) is 0. The minimum absolute atomic E-state index is 0.0985. The van der Waals surface area contributed by atoms with Crippen LogP contribution in [0, 0.1) is 11.8 Å². The molecule has 0 aliphatic carbocycles. The Morgan fingerprint density at radius 3 is 1.12 bits per heavy atom. The summed E-state index contributed by atoms with van der Waals surface area (Å²) < 4.78 is 0. The molecule has 2 heteroatoms. The van der Waals surface area contributed by atoms with Gasteiger partial charge in [0, 0.05) is 0 Å². The van der Waals surface area contributed by atoms with Crippen LogP contribution in [0.1, 0.15) is 181 Å². The van der Waals surface area contributed by atoms with Crippen molar-refractivity contribution in [1.82, 2.24) is 0 Å². The highest BCUT2D eigenvalue weighted by Crippen LogP contribution is 2.20. The van der Waals surface area contributed by atoms with Gasteiger partial charge in [0.05, 0.1) is 5.92 Å². The largest absolute Gasteiger partial charge is 0.481 e. The maximum Gasteiger partial charge on any atom is 0.306 e. The molecule has 0 bridgehead atoms. The van der Waals surface area contributed by atoms with Gasteiger partial charge in [0.25, 0.3) is 0 Å². The van der Waals surface area contributed by atoms with Crippen molar-refractivity contribution in [2.45, 2.75) is 181 Å². The summed E-state index contributed by atoms with van der Waals surface area (Å²) >= 11 is 0. The smallest absolute Gasteiger partial charge is 0.306 e. The van der Waals surface area contributed by atoms with Gasteiger partial charge in [-0.15, -0.1) is 0 Å². The van der Waals surface area contributed by atoms with Crippen molar-refractivity contribution < 1.29 is 9.90 Å². The first-order valence-electron chi connectivity index (χ1n) is 15.3. The summed E-state index contributed by atoms with van der Waals surface area (Å²) in [4.78, 5) is 11.6. The highest BCUT2D eigenvalue weighted by atomic mass is 16.4. The molecule has 1 N–H and O–H groups in total. The van der Waals surface area contributed by atoms with E-state index in [9.17, 15) is 9.90 Å². The van der Waals surface area contributed by atoms with Gasteiger partial charge in [0.15, 0.2) is 0 Å². The maximum absolute atomic E-state index is 11.6. The van der Waals surface area contributed by atoms with Crippen molar-refractivity contribution in [2.24, 2.45) is 11.8 Å². The lowest BCUT2D eigenvalue weighted by atomic mass is 9.94. The molecule has 2 unspecified atom stereocenters. The Morgan fingerprint density at radius 1 is 0.515 bits per heavy atom. The normalized spacial score (nSPS) is 13.3. The molecule has 2 nitrogen and oxygen atoms in total. The molecule has 33 heavy (non-hydrogen) atoms. The third kappa shape index (κ3) is 24.4. The van der Waals surface area contributed by atoms with E-state index in [-0.39, 0.29) is 5.92 Å². The third-order valence-electron chi connectivity index (χ3n) is 7.70. The zero-order valence-electron chi connectivity index (χ0n) is 23.2. The zero-order chi connectivity index (χ0) is 24.4. The quantitative estimate of drug-likeness (QED) is 0.122. The van der Waals surface area contributed by atoms with Crippen LogP contribution < -0.4 is 0 Å². The van der Waals surface area contributed by atoms with Crippen LogP contribution in [0.15, 0.2) is 0 Å². The maximum atomic E-state index is 11.6. The Hall–Kier alpha value is -0.530. The molecule has 0 rings (SSSR count). The number of unbranched alkanes of at least 4 members (excludes halogenated alkanes) is 19. The third-order valence-corrected chi connectivity index (χ3v) is 7.70. The first-order valence-corrected chi connectivity index (χ1v) is 15.3. The van der Waals surface area contributed by atoms with Crippen LogP contribution in [0.5, 0.6) is 0 Å². The van der Waals surface area contributed by atoms with E-state index >= 15 is 0 Å². The van der Waals surface area contributed by atoms with Crippen molar-refractivity contribution in [3.63, 3.8) is 0 Å². The Bertz CT molecular complexity index is 392. The van der Waals surface area contributed by atoms with Gasteiger partial charge >= 0.3 is 5.97 Å². The molecular weight excluding hydrogens is 404 g/mol. The van der Waals surface area contributed by atoms with Crippen LogP contribution in [-0.4, -0.2) is 11.1 Å². The van der Waals surface area contributed by atoms with Gasteiger partial charge in [-0.1, -0.05) is 168 Å². The van der Waals surface area contributed by atoms with Crippen molar-refractivity contribution in [1.29, 1.82) is 0 Å². The number of carbonyl (C=O) groups is 1. The van der Waals surface area contributed by atoms with Gasteiger partial charge in [0.1, 0.15) is 0 Å². The Morgan fingerprint density at radius 2 is 0.818 bits per heavy atom. The van der Waals surface area contributed by atoms with Crippen LogP contribution in [0.25, 0.3) is 0 Å². The van der Waals surface area contributed by atoms with Crippen molar-refractivity contribution in [3.8, 4) is 0 Å². The lowest BCUT2D eigenvalue weighted by Gasteiger charge is -2.12. The van der Waals surface area contributed by atoms with Crippen LogP contribution in [0.4, 0.5) is 0 Å². The monoisotopic (exact) mass is 466 g/mol. The van der Waals surface area contributed by atoms with Gasteiger partial charge in [0.2, 0.25) is 0 Å². The highest BCUT2D eigenvalue weighted by Gasteiger charge is 2.16. The van der Waals surface area contributed by atoms with E-state index in [2.05, 4.69) is 20.8 Å². The Balaban J connectivity index is 3.44. The van der Waals surface area contributed by atoms with E-state index in [1.165, 1.54) is 135 Å². The average Bonchev–Trinajstić information content (AvgIpc) is 2.81. The summed E-state index contributed by atoms with van der Waals surface area (Å²) in [5.74, 6) is 0.244. The van der Waals surface area contributed by atoms with Crippen molar-refractivity contribution in [2.75, 3.05) is 0 Å². The molecule has 0 heterocycles. The van der Waals surface area contributed by atoms with Crippen LogP contribution in [0.3, 0.4) is 0 Å². The average molecular weight is 467 g/mol. The predicted molar refractivity (Wildman–Crippen MR) is 147 cm³/mol. The van der Waals surface area contributed by atoms with Gasteiger partial charge in [-0.05, 0) is 18.8 Å². The Labute approximate surface area is 209 Å². The van der Waals surface area contributed by atoms with Crippen molar-refractivity contribution >= 4 is 5.97 Å². The number of rotatable bonds is 27. The molecule has 0 saturated heterocycles. The SMILES string of the molecule is CCCCCCCCCCCCCCC(CCCCCCCCCCCC(C)CC)C(=O)O. The summed E-state index contributed by atoms with van der Waals surface area (Å²) in [6.45, 7) is 6.94.